The molecule has 0 amide bonds. The Labute approximate surface area is 98.5 Å². The van der Waals surface area contributed by atoms with Crippen molar-refractivity contribution in [3.8, 4) is 11.5 Å². The van der Waals surface area contributed by atoms with Gasteiger partial charge in [0.25, 0.3) is 0 Å². The maximum absolute atomic E-state index is 12.2. The second-order valence-electron chi connectivity index (χ2n) is 3.34. The van der Waals surface area contributed by atoms with E-state index < -0.39 is 17.7 Å². The summed E-state index contributed by atoms with van der Waals surface area (Å²) in [5, 5.41) is 0.0349. The van der Waals surface area contributed by atoms with Gasteiger partial charge in [-0.3, -0.25) is 0 Å². The molecule has 0 saturated heterocycles. The summed E-state index contributed by atoms with van der Waals surface area (Å²) < 4.78 is 49.9. The Morgan fingerprint density at radius 1 is 1.22 bits per heavy atom. The van der Waals surface area contributed by atoms with Crippen molar-refractivity contribution < 1.29 is 27.1 Å². The third-order valence-corrected chi connectivity index (χ3v) is 2.14. The molecule has 0 unspecified atom stereocenters. The number of halogens is 3. The van der Waals surface area contributed by atoms with Crippen LogP contribution < -0.4 is 15.1 Å². The zero-order valence-electron chi connectivity index (χ0n) is 9.08. The Morgan fingerprint density at radius 3 is 2.56 bits per heavy atom. The van der Waals surface area contributed by atoms with E-state index in [1.165, 1.54) is 25.3 Å². The third-order valence-electron chi connectivity index (χ3n) is 2.14. The predicted molar refractivity (Wildman–Crippen MR) is 55.7 cm³/mol. The van der Waals surface area contributed by atoms with Crippen molar-refractivity contribution in [2.75, 3.05) is 7.11 Å². The molecule has 0 atom stereocenters. The number of methoxy groups -OCH3 is 1. The molecule has 0 bridgehead atoms. The molecule has 0 aliphatic rings. The van der Waals surface area contributed by atoms with Crippen LogP contribution in [0.3, 0.4) is 0 Å². The van der Waals surface area contributed by atoms with Crippen molar-refractivity contribution in [2.24, 2.45) is 0 Å². The minimum absolute atomic E-state index is 0.0349. The molecule has 0 aliphatic heterocycles. The Kier molecular flexibility index (Phi) is 2.90. The van der Waals surface area contributed by atoms with Gasteiger partial charge in [0, 0.05) is 6.07 Å². The number of hydrogen-bond donors (Lipinski definition) is 0. The van der Waals surface area contributed by atoms with Gasteiger partial charge in [-0.2, -0.15) is 0 Å². The molecule has 4 nitrogen and oxygen atoms in total. The molecule has 7 heteroatoms. The van der Waals surface area contributed by atoms with E-state index in [2.05, 4.69) is 4.74 Å². The molecular weight excluding hydrogens is 253 g/mol. The summed E-state index contributed by atoms with van der Waals surface area (Å²) in [5.41, 5.74) is -0.976. The fraction of sp³-hybridized carbons (Fsp3) is 0.182. The first kappa shape index (κ1) is 12.3. The van der Waals surface area contributed by atoms with Gasteiger partial charge in [0.2, 0.25) is 0 Å². The average Bonchev–Trinajstić information content (AvgIpc) is 2.25. The number of alkyl halides is 3. The molecule has 1 aromatic carbocycles. The molecule has 0 saturated carbocycles. The third kappa shape index (κ3) is 2.55. The lowest BCUT2D eigenvalue weighted by molar-refractivity contribution is -0.274. The summed E-state index contributed by atoms with van der Waals surface area (Å²) in [6.07, 6.45) is -4.87. The summed E-state index contributed by atoms with van der Waals surface area (Å²) >= 11 is 0. The standard InChI is InChI=1S/C11H7F3O4/c1-16-6-2-3-7-8(4-6)17-10(15)5-9(7)18-11(12,13)14/h2-5H,1H3. The van der Waals surface area contributed by atoms with Crippen molar-refractivity contribution in [3.63, 3.8) is 0 Å². The van der Waals surface area contributed by atoms with Gasteiger partial charge in [0.05, 0.1) is 18.6 Å². The van der Waals surface area contributed by atoms with E-state index in [0.717, 1.165) is 0 Å². The van der Waals surface area contributed by atoms with Crippen LogP contribution in [-0.2, 0) is 0 Å². The summed E-state index contributed by atoms with van der Waals surface area (Å²) in [6, 6.07) is 4.70. The fourth-order valence-corrected chi connectivity index (χ4v) is 1.45. The molecule has 18 heavy (non-hydrogen) atoms. The second kappa shape index (κ2) is 4.25. The SMILES string of the molecule is COc1ccc2c(OC(F)(F)F)cc(=O)oc2c1. The second-order valence-corrected chi connectivity index (χ2v) is 3.34. The highest BCUT2D eigenvalue weighted by Gasteiger charge is 2.32. The number of rotatable bonds is 2. The molecule has 2 rings (SSSR count). The molecule has 1 aromatic heterocycles. The van der Waals surface area contributed by atoms with E-state index in [9.17, 15) is 18.0 Å². The van der Waals surface area contributed by atoms with Gasteiger partial charge >= 0.3 is 12.0 Å². The highest BCUT2D eigenvalue weighted by atomic mass is 19.4. The van der Waals surface area contributed by atoms with E-state index in [1.54, 1.807) is 0 Å². The highest BCUT2D eigenvalue weighted by molar-refractivity contribution is 5.84. The van der Waals surface area contributed by atoms with Crippen LogP contribution in [0.25, 0.3) is 11.0 Å². The first-order valence-corrected chi connectivity index (χ1v) is 4.77. The van der Waals surface area contributed by atoms with Crippen LogP contribution in [0.2, 0.25) is 0 Å². The smallest absolute Gasteiger partial charge is 0.497 e. The van der Waals surface area contributed by atoms with Crippen LogP contribution in [0.5, 0.6) is 11.5 Å². The van der Waals surface area contributed by atoms with Gasteiger partial charge in [0.15, 0.2) is 0 Å². The molecule has 0 radical (unpaired) electrons. The molecule has 0 fully saturated rings. The molecule has 0 N–H and O–H groups in total. The Hall–Kier alpha value is -2.18. The Balaban J connectivity index is 2.63. The van der Waals surface area contributed by atoms with Crippen LogP contribution in [0.4, 0.5) is 13.2 Å². The topological polar surface area (TPSA) is 48.7 Å². The summed E-state index contributed by atoms with van der Waals surface area (Å²) in [6.45, 7) is 0. The van der Waals surface area contributed by atoms with Crippen LogP contribution in [0, 0.1) is 0 Å². The van der Waals surface area contributed by atoms with Crippen LogP contribution in [-0.4, -0.2) is 13.5 Å². The zero-order chi connectivity index (χ0) is 13.3. The lowest BCUT2D eigenvalue weighted by atomic mass is 10.2. The summed E-state index contributed by atoms with van der Waals surface area (Å²) in [5.74, 6) is -0.244. The summed E-state index contributed by atoms with van der Waals surface area (Å²) in [7, 11) is 1.38. The van der Waals surface area contributed by atoms with Crippen molar-refractivity contribution in [1.82, 2.24) is 0 Å². The van der Waals surface area contributed by atoms with Crippen molar-refractivity contribution in [2.45, 2.75) is 6.36 Å². The number of ether oxygens (including phenoxy) is 2. The van der Waals surface area contributed by atoms with Crippen LogP contribution in [0.1, 0.15) is 0 Å². The highest BCUT2D eigenvalue weighted by Crippen LogP contribution is 2.30. The Morgan fingerprint density at radius 2 is 1.94 bits per heavy atom. The number of benzene rings is 1. The fourth-order valence-electron chi connectivity index (χ4n) is 1.45. The largest absolute Gasteiger partial charge is 0.573 e. The monoisotopic (exact) mass is 260 g/mol. The molecule has 96 valence electrons. The van der Waals surface area contributed by atoms with Crippen molar-refractivity contribution >= 4 is 11.0 Å². The van der Waals surface area contributed by atoms with E-state index in [1.807, 2.05) is 0 Å². The Bertz CT molecular complexity index is 630. The van der Waals surface area contributed by atoms with Gasteiger partial charge in [-0.15, -0.1) is 13.2 Å². The minimum Gasteiger partial charge on any atom is -0.497 e. The first-order chi connectivity index (χ1) is 8.39. The molecule has 0 spiro atoms. The number of fused-ring (bicyclic) bond motifs is 1. The van der Waals surface area contributed by atoms with Crippen LogP contribution >= 0.6 is 0 Å². The van der Waals surface area contributed by atoms with Gasteiger partial charge in [-0.25, -0.2) is 4.79 Å². The zero-order valence-corrected chi connectivity index (χ0v) is 9.08. The quantitative estimate of drug-likeness (QED) is 0.779. The molecule has 2 aromatic rings. The minimum atomic E-state index is -4.87. The molecule has 1 heterocycles. The average molecular weight is 260 g/mol. The number of hydrogen-bond acceptors (Lipinski definition) is 4. The van der Waals surface area contributed by atoms with E-state index >= 15 is 0 Å². The van der Waals surface area contributed by atoms with Gasteiger partial charge < -0.3 is 13.9 Å². The van der Waals surface area contributed by atoms with Crippen molar-refractivity contribution in [3.05, 3.63) is 34.7 Å². The van der Waals surface area contributed by atoms with Gasteiger partial charge in [-0.05, 0) is 12.1 Å². The maximum atomic E-state index is 12.2. The van der Waals surface area contributed by atoms with Crippen molar-refractivity contribution in [1.29, 1.82) is 0 Å². The lowest BCUT2D eigenvalue weighted by Crippen LogP contribution is -2.18. The maximum Gasteiger partial charge on any atom is 0.573 e. The van der Waals surface area contributed by atoms with E-state index in [0.29, 0.717) is 11.8 Å². The first-order valence-electron chi connectivity index (χ1n) is 4.77. The van der Waals surface area contributed by atoms with E-state index in [4.69, 9.17) is 9.15 Å². The van der Waals surface area contributed by atoms with Gasteiger partial charge in [0.1, 0.15) is 17.1 Å². The lowest BCUT2D eigenvalue weighted by Gasteiger charge is -2.10. The van der Waals surface area contributed by atoms with Crippen LogP contribution in [0.15, 0.2) is 33.5 Å². The molecule has 0 aliphatic carbocycles. The predicted octanol–water partition coefficient (Wildman–Crippen LogP) is 2.70. The van der Waals surface area contributed by atoms with Gasteiger partial charge in [-0.1, -0.05) is 0 Å². The molecular formula is C11H7F3O4. The van der Waals surface area contributed by atoms with E-state index in [-0.39, 0.29) is 11.0 Å². The summed E-state index contributed by atoms with van der Waals surface area (Å²) in [4.78, 5) is 11.1. The normalized spacial score (nSPS) is 11.6.